The van der Waals surface area contributed by atoms with E-state index in [0.717, 1.165) is 43.5 Å². The summed E-state index contributed by atoms with van der Waals surface area (Å²) in [5.74, 6) is 0.688. The number of benzene rings is 1. The predicted molar refractivity (Wildman–Crippen MR) is 129 cm³/mol. The quantitative estimate of drug-likeness (QED) is 0.107. The van der Waals surface area contributed by atoms with Crippen molar-refractivity contribution < 1.29 is 10.0 Å². The summed E-state index contributed by atoms with van der Waals surface area (Å²) >= 11 is 1.56. The van der Waals surface area contributed by atoms with Crippen LogP contribution in [0.25, 0.3) is 0 Å². The van der Waals surface area contributed by atoms with Gasteiger partial charge in [-0.3, -0.25) is 10.1 Å². The van der Waals surface area contributed by atoms with E-state index < -0.39 is 5.60 Å². The normalized spacial score (nSPS) is 13.3. The van der Waals surface area contributed by atoms with Crippen molar-refractivity contribution in [1.29, 1.82) is 0 Å². The van der Waals surface area contributed by atoms with Crippen LogP contribution in [0.4, 0.5) is 5.69 Å². The lowest BCUT2D eigenvalue weighted by Gasteiger charge is -2.21. The van der Waals surface area contributed by atoms with Crippen molar-refractivity contribution in [3.8, 4) is 0 Å². The number of nitrogens with one attached hydrogen (secondary N) is 2. The van der Waals surface area contributed by atoms with E-state index in [1.54, 1.807) is 30.4 Å². The number of aryl methyl sites for hydroxylation is 1. The molecule has 0 fully saturated rings. The number of nitrogens with zero attached hydrogens (tertiary/aromatic N) is 2. The van der Waals surface area contributed by atoms with Gasteiger partial charge in [0.15, 0.2) is 5.96 Å². The molecule has 2 aromatic rings. The maximum atomic E-state index is 10.7. The molecule has 3 N–H and O–H groups in total. The zero-order valence-electron chi connectivity index (χ0n) is 16.8. The fourth-order valence-corrected chi connectivity index (χ4v) is 3.47. The minimum atomic E-state index is -0.988. The zero-order chi connectivity index (χ0) is 20.4. The first kappa shape index (κ1) is 25.3. The van der Waals surface area contributed by atoms with E-state index in [9.17, 15) is 15.2 Å². The molecule has 0 aliphatic carbocycles. The van der Waals surface area contributed by atoms with Gasteiger partial charge in [-0.05, 0) is 61.1 Å². The van der Waals surface area contributed by atoms with Crippen LogP contribution in [0, 0.1) is 10.1 Å². The molecule has 0 bridgehead atoms. The van der Waals surface area contributed by atoms with Crippen LogP contribution in [0.5, 0.6) is 0 Å². The highest BCUT2D eigenvalue weighted by molar-refractivity contribution is 14.0. The average molecular weight is 532 g/mol. The topological polar surface area (TPSA) is 99.8 Å². The Labute approximate surface area is 192 Å². The first-order chi connectivity index (χ1) is 13.4. The molecule has 160 valence electrons. The molecule has 1 unspecified atom stereocenters. The predicted octanol–water partition coefficient (Wildman–Crippen LogP) is 4.06. The Bertz CT molecular complexity index is 765. The summed E-state index contributed by atoms with van der Waals surface area (Å²) in [6, 6.07) is 8.62. The lowest BCUT2D eigenvalue weighted by Crippen LogP contribution is -2.39. The van der Waals surface area contributed by atoms with E-state index in [1.165, 1.54) is 0 Å². The Hall–Kier alpha value is -1.72. The van der Waals surface area contributed by atoms with E-state index in [-0.39, 0.29) is 41.1 Å². The second-order valence-corrected chi connectivity index (χ2v) is 7.57. The minimum absolute atomic E-state index is 0. The molecule has 9 heteroatoms. The van der Waals surface area contributed by atoms with Crippen molar-refractivity contribution in [2.45, 2.75) is 38.7 Å². The second-order valence-electron chi connectivity index (χ2n) is 6.79. The van der Waals surface area contributed by atoms with E-state index in [2.05, 4.69) is 15.6 Å². The second kappa shape index (κ2) is 12.8. The standard InChI is InChI=1S/C20H28N4O3S.HI/c1-3-21-19(23-15-20(2,25)17-11-13-28-14-17)22-12-5-4-6-16-7-9-18(10-8-16)24(26)27;/h7-11,13-14,25H,3-6,12,15H2,1-2H3,(H2,21,22,23);1H. The van der Waals surface area contributed by atoms with Gasteiger partial charge in [0.1, 0.15) is 5.60 Å². The summed E-state index contributed by atoms with van der Waals surface area (Å²) < 4.78 is 0. The van der Waals surface area contributed by atoms with Gasteiger partial charge in [-0.15, -0.1) is 24.0 Å². The van der Waals surface area contributed by atoms with E-state index in [1.807, 2.05) is 35.9 Å². The number of hydrogen-bond donors (Lipinski definition) is 3. The van der Waals surface area contributed by atoms with Gasteiger partial charge in [0.25, 0.3) is 5.69 Å². The van der Waals surface area contributed by atoms with Gasteiger partial charge in [0, 0.05) is 25.2 Å². The first-order valence-corrected chi connectivity index (χ1v) is 10.4. The number of unbranched alkanes of at least 4 members (excludes halogenated alkanes) is 1. The molecule has 0 spiro atoms. The fraction of sp³-hybridized carbons (Fsp3) is 0.450. The summed E-state index contributed by atoms with van der Waals surface area (Å²) in [5, 5.41) is 31.6. The van der Waals surface area contributed by atoms with Crippen molar-refractivity contribution in [2.75, 3.05) is 19.6 Å². The van der Waals surface area contributed by atoms with Gasteiger partial charge in [0.2, 0.25) is 0 Å². The van der Waals surface area contributed by atoms with Gasteiger partial charge in [-0.2, -0.15) is 11.3 Å². The molecule has 29 heavy (non-hydrogen) atoms. The third kappa shape index (κ3) is 8.67. The SMILES string of the molecule is CCNC(=NCC(C)(O)c1ccsc1)NCCCCc1ccc([N+](=O)[O-])cc1.I. The Morgan fingerprint density at radius 2 is 1.97 bits per heavy atom. The van der Waals surface area contributed by atoms with Crippen molar-refractivity contribution in [3.63, 3.8) is 0 Å². The summed E-state index contributed by atoms with van der Waals surface area (Å²) in [6.07, 6.45) is 2.79. The Kier molecular flexibility index (Phi) is 11.1. The summed E-state index contributed by atoms with van der Waals surface area (Å²) in [7, 11) is 0. The molecule has 0 aliphatic heterocycles. The third-order valence-corrected chi connectivity index (χ3v) is 5.05. The largest absolute Gasteiger partial charge is 0.383 e. The number of non-ortho nitro benzene ring substituents is 1. The number of thiophene rings is 1. The van der Waals surface area contributed by atoms with Crippen LogP contribution in [0.15, 0.2) is 46.1 Å². The summed E-state index contributed by atoms with van der Waals surface area (Å²) in [4.78, 5) is 14.8. The number of halogens is 1. The Balaban J connectivity index is 0.00000420. The highest BCUT2D eigenvalue weighted by Crippen LogP contribution is 2.23. The molecule has 1 aromatic carbocycles. The van der Waals surface area contributed by atoms with Gasteiger partial charge in [0.05, 0.1) is 11.5 Å². The van der Waals surface area contributed by atoms with Crippen LogP contribution in [0.3, 0.4) is 0 Å². The molecule has 0 saturated heterocycles. The molecule has 0 amide bonds. The fourth-order valence-electron chi connectivity index (χ4n) is 2.68. The van der Waals surface area contributed by atoms with Crippen molar-refractivity contribution in [3.05, 3.63) is 62.3 Å². The van der Waals surface area contributed by atoms with Crippen LogP contribution < -0.4 is 10.6 Å². The summed E-state index contributed by atoms with van der Waals surface area (Å²) in [6.45, 7) is 5.56. The lowest BCUT2D eigenvalue weighted by atomic mass is 10.00. The van der Waals surface area contributed by atoms with Gasteiger partial charge in [-0.25, -0.2) is 4.99 Å². The zero-order valence-corrected chi connectivity index (χ0v) is 19.9. The van der Waals surface area contributed by atoms with Crippen molar-refractivity contribution in [2.24, 2.45) is 4.99 Å². The Morgan fingerprint density at radius 3 is 2.55 bits per heavy atom. The molecule has 0 saturated carbocycles. The molecule has 1 heterocycles. The monoisotopic (exact) mass is 532 g/mol. The van der Waals surface area contributed by atoms with Crippen LogP contribution in [0.1, 0.15) is 37.8 Å². The first-order valence-electron chi connectivity index (χ1n) is 9.43. The van der Waals surface area contributed by atoms with Gasteiger partial charge < -0.3 is 15.7 Å². The molecular weight excluding hydrogens is 503 g/mol. The molecule has 1 atom stereocenters. The number of hydrogen-bond acceptors (Lipinski definition) is 5. The maximum absolute atomic E-state index is 10.7. The molecule has 1 aromatic heterocycles. The van der Waals surface area contributed by atoms with Crippen LogP contribution in [-0.2, 0) is 12.0 Å². The van der Waals surface area contributed by atoms with Gasteiger partial charge >= 0.3 is 0 Å². The lowest BCUT2D eigenvalue weighted by molar-refractivity contribution is -0.384. The van der Waals surface area contributed by atoms with Crippen molar-refractivity contribution in [1.82, 2.24) is 10.6 Å². The summed E-state index contributed by atoms with van der Waals surface area (Å²) in [5.41, 5.74) is 1.10. The number of aliphatic hydroxyl groups is 1. The van der Waals surface area contributed by atoms with Crippen molar-refractivity contribution >= 4 is 47.0 Å². The van der Waals surface area contributed by atoms with Gasteiger partial charge in [-0.1, -0.05) is 12.1 Å². The maximum Gasteiger partial charge on any atom is 0.269 e. The number of nitro groups is 1. The minimum Gasteiger partial charge on any atom is -0.383 e. The number of aliphatic imine (C=N–C) groups is 1. The van der Waals surface area contributed by atoms with Crippen LogP contribution in [-0.4, -0.2) is 35.6 Å². The molecular formula is C20H29IN4O3S. The van der Waals surface area contributed by atoms with Crippen LogP contribution >= 0.6 is 35.3 Å². The average Bonchev–Trinajstić information content (AvgIpc) is 3.22. The third-order valence-electron chi connectivity index (χ3n) is 4.36. The molecule has 0 aliphatic rings. The van der Waals surface area contributed by atoms with E-state index >= 15 is 0 Å². The number of nitro benzene ring substituents is 1. The highest BCUT2D eigenvalue weighted by atomic mass is 127. The molecule has 0 radical (unpaired) electrons. The molecule has 7 nitrogen and oxygen atoms in total. The highest BCUT2D eigenvalue weighted by Gasteiger charge is 2.23. The number of guanidine groups is 1. The number of rotatable bonds is 10. The molecule has 2 rings (SSSR count). The van der Waals surface area contributed by atoms with E-state index in [4.69, 9.17) is 0 Å². The van der Waals surface area contributed by atoms with E-state index in [0.29, 0.717) is 5.96 Å². The van der Waals surface area contributed by atoms with Crippen LogP contribution in [0.2, 0.25) is 0 Å². The Morgan fingerprint density at radius 1 is 1.24 bits per heavy atom. The smallest absolute Gasteiger partial charge is 0.269 e.